The van der Waals surface area contributed by atoms with Crippen molar-refractivity contribution in [3.8, 4) is 0 Å². The first kappa shape index (κ1) is 10.6. The molecule has 73 valence electrons. The molecule has 1 aliphatic carbocycles. The van der Waals surface area contributed by atoms with E-state index in [0.29, 0.717) is 0 Å². The molecule has 0 saturated heterocycles. The van der Waals surface area contributed by atoms with Gasteiger partial charge in [-0.2, -0.15) is 0 Å². The van der Waals surface area contributed by atoms with Crippen LogP contribution >= 0.6 is 0 Å². The molecule has 1 rings (SSSR count). The Morgan fingerprint density at radius 2 is 0.923 bits per heavy atom. The van der Waals surface area contributed by atoms with E-state index < -0.39 is 0 Å². The summed E-state index contributed by atoms with van der Waals surface area (Å²) in [5, 5.41) is 0. The van der Waals surface area contributed by atoms with Gasteiger partial charge in [0.1, 0.15) is 0 Å². The maximum atomic E-state index is 2.41. The molecule has 0 bridgehead atoms. The summed E-state index contributed by atoms with van der Waals surface area (Å²) in [6.45, 7) is 0. The molecule has 0 saturated carbocycles. The van der Waals surface area contributed by atoms with Gasteiger partial charge in [0.25, 0.3) is 0 Å². The van der Waals surface area contributed by atoms with Crippen LogP contribution in [0.3, 0.4) is 0 Å². The highest BCUT2D eigenvalue weighted by Gasteiger charge is 1.88. The van der Waals surface area contributed by atoms with Gasteiger partial charge in [-0.1, -0.05) is 24.3 Å². The lowest BCUT2D eigenvalue weighted by Crippen LogP contribution is -1.75. The summed E-state index contributed by atoms with van der Waals surface area (Å²) in [6, 6.07) is 0. The molecule has 0 N–H and O–H groups in total. The lowest BCUT2D eigenvalue weighted by Gasteiger charge is -1.93. The van der Waals surface area contributed by atoms with Gasteiger partial charge in [0.05, 0.1) is 0 Å². The van der Waals surface area contributed by atoms with Crippen LogP contribution in [0.2, 0.25) is 0 Å². The largest absolute Gasteiger partial charge is 0.0885 e. The van der Waals surface area contributed by atoms with Gasteiger partial charge >= 0.3 is 0 Å². The van der Waals surface area contributed by atoms with Gasteiger partial charge in [0.15, 0.2) is 0 Å². The van der Waals surface area contributed by atoms with Crippen molar-refractivity contribution < 1.29 is 0 Å². The predicted molar refractivity (Wildman–Crippen MR) is 59.5 cm³/mol. The third-order valence-corrected chi connectivity index (χ3v) is 2.40. The summed E-state index contributed by atoms with van der Waals surface area (Å²) >= 11 is 0. The zero-order chi connectivity index (χ0) is 9.19. The van der Waals surface area contributed by atoms with E-state index in [9.17, 15) is 0 Å². The van der Waals surface area contributed by atoms with Gasteiger partial charge < -0.3 is 0 Å². The second-order valence-corrected chi connectivity index (χ2v) is 3.67. The lowest BCUT2D eigenvalue weighted by molar-refractivity contribution is 0.759. The summed E-state index contributed by atoms with van der Waals surface area (Å²) in [6.07, 6.45) is 22.0. The van der Waals surface area contributed by atoms with Crippen LogP contribution in [-0.2, 0) is 0 Å². The normalized spacial score (nSPS) is 21.5. The van der Waals surface area contributed by atoms with Crippen molar-refractivity contribution in [1.29, 1.82) is 0 Å². The van der Waals surface area contributed by atoms with Gasteiger partial charge in [-0.05, 0) is 57.8 Å². The molecule has 0 spiro atoms. The molecule has 0 fully saturated rings. The minimum Gasteiger partial charge on any atom is -0.0885 e. The molecular weight excluding hydrogens is 156 g/mol. The van der Waals surface area contributed by atoms with Gasteiger partial charge in [-0.15, -0.1) is 0 Å². The fraction of sp³-hybridized carbons (Fsp3) is 0.615. The van der Waals surface area contributed by atoms with Crippen molar-refractivity contribution in [2.45, 2.75) is 51.4 Å². The van der Waals surface area contributed by atoms with Crippen LogP contribution in [0.5, 0.6) is 0 Å². The van der Waals surface area contributed by atoms with E-state index in [-0.39, 0.29) is 0 Å². The molecule has 13 heavy (non-hydrogen) atoms. The highest BCUT2D eigenvalue weighted by molar-refractivity contribution is 4.88. The molecule has 0 aromatic rings. The molecule has 0 heterocycles. The molecule has 0 aliphatic heterocycles. The van der Waals surface area contributed by atoms with Crippen molar-refractivity contribution in [1.82, 2.24) is 0 Å². The molecule has 0 unspecified atom stereocenters. The minimum atomic E-state index is 1.24. The van der Waals surface area contributed by atoms with Crippen molar-refractivity contribution in [2.75, 3.05) is 0 Å². The van der Waals surface area contributed by atoms with E-state index in [4.69, 9.17) is 0 Å². The zero-order valence-corrected chi connectivity index (χ0v) is 8.54. The Labute approximate surface area is 82.7 Å². The Hall–Kier alpha value is -0.520. The maximum absolute atomic E-state index is 2.41. The third-order valence-electron chi connectivity index (χ3n) is 2.40. The van der Waals surface area contributed by atoms with Crippen molar-refractivity contribution >= 4 is 0 Å². The third kappa shape index (κ3) is 6.62. The average molecular weight is 177 g/mol. The van der Waals surface area contributed by atoms with E-state index in [1.807, 2.05) is 0 Å². The fourth-order valence-electron chi connectivity index (χ4n) is 1.57. The fourth-order valence-corrected chi connectivity index (χ4v) is 1.57. The van der Waals surface area contributed by atoms with Crippen LogP contribution in [0.1, 0.15) is 51.4 Å². The number of hydrogen-bond donors (Lipinski definition) is 0. The van der Waals surface area contributed by atoms with Gasteiger partial charge in [-0.25, -0.2) is 0 Å². The van der Waals surface area contributed by atoms with E-state index in [1.165, 1.54) is 51.4 Å². The molecule has 1 radical (unpaired) electrons. The van der Waals surface area contributed by atoms with Crippen LogP contribution in [0.4, 0.5) is 0 Å². The summed E-state index contributed by atoms with van der Waals surface area (Å²) < 4.78 is 0. The first-order valence-corrected chi connectivity index (χ1v) is 5.62. The molecule has 0 atom stereocenters. The Bertz CT molecular complexity index is 135. The summed E-state index contributed by atoms with van der Waals surface area (Å²) in [5.41, 5.74) is 0. The standard InChI is InChI=1S/C13H21/c1-2-4-6-8-10-12-13-11-9-7-5-3-1/h1-2,7,12-13H,3-6,8-11H2. The summed E-state index contributed by atoms with van der Waals surface area (Å²) in [4.78, 5) is 0. The first-order valence-electron chi connectivity index (χ1n) is 5.62. The molecule has 0 aromatic carbocycles. The SMILES string of the molecule is [CH]1CCC=CCCCCC=CCC1. The number of hydrogen-bond acceptors (Lipinski definition) is 0. The maximum Gasteiger partial charge on any atom is -0.0348 e. The van der Waals surface area contributed by atoms with Gasteiger partial charge in [-0.3, -0.25) is 0 Å². The van der Waals surface area contributed by atoms with E-state index in [2.05, 4.69) is 30.7 Å². The van der Waals surface area contributed by atoms with Crippen molar-refractivity contribution in [2.24, 2.45) is 0 Å². The topological polar surface area (TPSA) is 0 Å². The zero-order valence-electron chi connectivity index (χ0n) is 8.54. The van der Waals surface area contributed by atoms with Crippen molar-refractivity contribution in [3.05, 3.63) is 30.7 Å². The number of rotatable bonds is 0. The van der Waals surface area contributed by atoms with Crippen LogP contribution in [0, 0.1) is 6.42 Å². The minimum absolute atomic E-state index is 1.24. The second-order valence-electron chi connectivity index (χ2n) is 3.67. The highest BCUT2D eigenvalue weighted by Crippen LogP contribution is 2.08. The summed E-state index contributed by atoms with van der Waals surface area (Å²) in [5.74, 6) is 0. The van der Waals surface area contributed by atoms with Gasteiger partial charge in [0, 0.05) is 0 Å². The molecule has 0 amide bonds. The van der Waals surface area contributed by atoms with Crippen LogP contribution < -0.4 is 0 Å². The quantitative estimate of drug-likeness (QED) is 0.480. The summed E-state index contributed by atoms with van der Waals surface area (Å²) in [7, 11) is 0. The average Bonchev–Trinajstić information content (AvgIpc) is 2.18. The molecule has 0 aromatic heterocycles. The monoisotopic (exact) mass is 177 g/mol. The number of allylic oxidation sites excluding steroid dienone is 4. The molecule has 0 heteroatoms. The Balaban J connectivity index is 2.18. The Morgan fingerprint density at radius 1 is 0.462 bits per heavy atom. The predicted octanol–water partition coefficient (Wildman–Crippen LogP) is 4.44. The lowest BCUT2D eigenvalue weighted by atomic mass is 10.1. The van der Waals surface area contributed by atoms with E-state index >= 15 is 0 Å². The van der Waals surface area contributed by atoms with Crippen LogP contribution in [-0.4, -0.2) is 0 Å². The van der Waals surface area contributed by atoms with E-state index in [1.54, 1.807) is 0 Å². The highest BCUT2D eigenvalue weighted by atomic mass is 13.9. The first-order chi connectivity index (χ1) is 6.50. The Kier molecular flexibility index (Phi) is 6.58. The van der Waals surface area contributed by atoms with Crippen LogP contribution in [0.25, 0.3) is 0 Å². The van der Waals surface area contributed by atoms with Crippen molar-refractivity contribution in [3.63, 3.8) is 0 Å². The van der Waals surface area contributed by atoms with E-state index in [0.717, 1.165) is 0 Å². The molecule has 0 nitrogen and oxygen atoms in total. The molecular formula is C13H21. The Morgan fingerprint density at radius 3 is 1.46 bits per heavy atom. The van der Waals surface area contributed by atoms with Crippen LogP contribution in [0.15, 0.2) is 24.3 Å². The van der Waals surface area contributed by atoms with Gasteiger partial charge in [0.2, 0.25) is 0 Å². The molecule has 1 aliphatic rings. The second kappa shape index (κ2) is 8.10. The smallest absolute Gasteiger partial charge is 0.0348 e.